The number of aromatic nitrogens is 3. The molecule has 8 heteroatoms. The van der Waals surface area contributed by atoms with E-state index in [0.29, 0.717) is 17.9 Å². The third kappa shape index (κ3) is 3.76. The molecular weight excluding hydrogens is 364 g/mol. The van der Waals surface area contributed by atoms with E-state index in [1.807, 2.05) is 6.21 Å². The topological polar surface area (TPSA) is 86.2 Å². The zero-order chi connectivity index (χ0) is 19.6. The van der Waals surface area contributed by atoms with Crippen molar-refractivity contribution in [2.24, 2.45) is 11.0 Å². The fraction of sp³-hybridized carbons (Fsp3) is 0.524. The maximum atomic E-state index is 4.76. The molecule has 2 saturated heterocycles. The molecule has 2 atom stereocenters. The molecule has 0 amide bonds. The van der Waals surface area contributed by atoms with Crippen molar-refractivity contribution in [3.63, 3.8) is 0 Å². The number of quaternary nitrogens is 1. The predicted octanol–water partition coefficient (Wildman–Crippen LogP) is 1.43. The fourth-order valence-corrected chi connectivity index (χ4v) is 4.61. The normalized spacial score (nSPS) is 26.2. The van der Waals surface area contributed by atoms with E-state index in [2.05, 4.69) is 66.8 Å². The van der Waals surface area contributed by atoms with E-state index in [1.165, 1.54) is 37.0 Å². The first kappa shape index (κ1) is 18.3. The molecule has 0 saturated carbocycles. The van der Waals surface area contributed by atoms with Crippen molar-refractivity contribution in [2.45, 2.75) is 38.6 Å². The molecule has 29 heavy (non-hydrogen) atoms. The molecule has 1 aliphatic carbocycles. The summed E-state index contributed by atoms with van der Waals surface area (Å²) in [5.74, 6) is 2.43. The van der Waals surface area contributed by atoms with Gasteiger partial charge in [0, 0.05) is 38.7 Å². The SMILES string of the molecule is CC1=C(/C=N\Nc2nc(N3CCCC3)nc(N3CCCC3)n2)[C@H]2C=CC=C[C@@H]2[NH2+]1. The minimum atomic E-state index is 0.379. The highest BCUT2D eigenvalue weighted by Gasteiger charge is 2.33. The van der Waals surface area contributed by atoms with Crippen LogP contribution in [0.25, 0.3) is 0 Å². The van der Waals surface area contributed by atoms with Crippen LogP contribution in [0.1, 0.15) is 32.6 Å². The number of rotatable bonds is 5. The van der Waals surface area contributed by atoms with Crippen LogP contribution >= 0.6 is 0 Å². The molecule has 0 radical (unpaired) electrons. The first-order valence-corrected chi connectivity index (χ1v) is 10.7. The molecule has 0 spiro atoms. The number of hydrazone groups is 1. The minimum absolute atomic E-state index is 0.379. The summed E-state index contributed by atoms with van der Waals surface area (Å²) in [6.45, 7) is 6.20. The number of nitrogens with one attached hydrogen (secondary N) is 1. The van der Waals surface area contributed by atoms with Crippen LogP contribution in [0.4, 0.5) is 17.8 Å². The standard InChI is InChI=1S/C21H28N8/c1-15-17(16-8-2-3-9-18(16)23-15)14-22-27-19-24-20(28-10-4-5-11-28)26-21(25-19)29-12-6-7-13-29/h2-3,8-9,14,16,18,23H,4-7,10-13H2,1H3,(H,24,25,26,27)/p+1/b22-14-/t16-,18+/m1/s1. The van der Waals surface area contributed by atoms with Gasteiger partial charge in [-0.15, -0.1) is 0 Å². The van der Waals surface area contributed by atoms with Gasteiger partial charge < -0.3 is 15.1 Å². The molecule has 4 heterocycles. The Balaban J connectivity index is 1.36. The second-order valence-corrected chi connectivity index (χ2v) is 8.20. The average molecular weight is 394 g/mol. The van der Waals surface area contributed by atoms with E-state index in [1.54, 1.807) is 0 Å². The van der Waals surface area contributed by atoms with Gasteiger partial charge in [0.25, 0.3) is 0 Å². The summed E-state index contributed by atoms with van der Waals surface area (Å²) in [5, 5.41) is 6.81. The van der Waals surface area contributed by atoms with Gasteiger partial charge in [0.05, 0.1) is 12.1 Å². The highest BCUT2D eigenvalue weighted by atomic mass is 15.4. The smallest absolute Gasteiger partial charge is 0.250 e. The van der Waals surface area contributed by atoms with E-state index in [0.717, 1.165) is 38.1 Å². The van der Waals surface area contributed by atoms with Crippen LogP contribution in [0.2, 0.25) is 0 Å². The van der Waals surface area contributed by atoms with Crippen molar-refractivity contribution in [2.75, 3.05) is 41.4 Å². The number of allylic oxidation sites excluding steroid dienone is 3. The van der Waals surface area contributed by atoms with Crippen LogP contribution in [0.3, 0.4) is 0 Å². The Hall–Kier alpha value is -2.74. The largest absolute Gasteiger partial charge is 0.341 e. The summed E-state index contributed by atoms with van der Waals surface area (Å²) in [5.41, 5.74) is 5.61. The van der Waals surface area contributed by atoms with E-state index < -0.39 is 0 Å². The molecule has 152 valence electrons. The predicted molar refractivity (Wildman–Crippen MR) is 115 cm³/mol. The Labute approximate surface area is 171 Å². The first-order valence-electron chi connectivity index (χ1n) is 10.7. The van der Waals surface area contributed by atoms with Gasteiger partial charge in [-0.05, 0) is 31.8 Å². The van der Waals surface area contributed by atoms with Gasteiger partial charge in [-0.2, -0.15) is 20.1 Å². The van der Waals surface area contributed by atoms with Crippen LogP contribution < -0.4 is 20.5 Å². The Morgan fingerprint density at radius 3 is 2.24 bits per heavy atom. The molecule has 4 aliphatic rings. The summed E-state index contributed by atoms with van der Waals surface area (Å²) in [6, 6.07) is 0.446. The lowest BCUT2D eigenvalue weighted by Gasteiger charge is -2.20. The number of hydrogen-bond donors (Lipinski definition) is 2. The first-order chi connectivity index (χ1) is 14.3. The molecule has 2 fully saturated rings. The quantitative estimate of drug-likeness (QED) is 0.581. The van der Waals surface area contributed by atoms with Gasteiger partial charge in [-0.25, -0.2) is 5.43 Å². The molecule has 8 nitrogen and oxygen atoms in total. The Morgan fingerprint density at radius 2 is 1.59 bits per heavy atom. The molecule has 1 aromatic heterocycles. The number of anilines is 3. The summed E-state index contributed by atoms with van der Waals surface area (Å²) in [6.07, 6.45) is 15.4. The van der Waals surface area contributed by atoms with Crippen LogP contribution in [-0.4, -0.2) is 53.4 Å². The lowest BCUT2D eigenvalue weighted by atomic mass is 9.91. The van der Waals surface area contributed by atoms with Crippen LogP contribution in [0.5, 0.6) is 0 Å². The zero-order valence-electron chi connectivity index (χ0n) is 17.0. The third-order valence-electron chi connectivity index (χ3n) is 6.19. The Kier molecular flexibility index (Phi) is 5.01. The molecule has 0 bridgehead atoms. The Morgan fingerprint density at radius 1 is 0.966 bits per heavy atom. The molecule has 1 aromatic rings. The Bertz CT molecular complexity index is 840. The second kappa shape index (κ2) is 7.94. The molecule has 0 unspecified atom stereocenters. The molecular formula is C21H29N8+. The van der Waals surface area contributed by atoms with Gasteiger partial charge in [0.15, 0.2) is 0 Å². The summed E-state index contributed by atoms with van der Waals surface area (Å²) in [7, 11) is 0. The summed E-state index contributed by atoms with van der Waals surface area (Å²) < 4.78 is 0. The minimum Gasteiger partial charge on any atom is -0.341 e. The van der Waals surface area contributed by atoms with Gasteiger partial charge in [0.2, 0.25) is 17.8 Å². The lowest BCUT2D eigenvalue weighted by Crippen LogP contribution is -2.85. The van der Waals surface area contributed by atoms with Crippen LogP contribution in [0, 0.1) is 5.92 Å². The van der Waals surface area contributed by atoms with Crippen molar-refractivity contribution >= 4 is 24.1 Å². The highest BCUT2D eigenvalue weighted by molar-refractivity contribution is 5.81. The van der Waals surface area contributed by atoms with Gasteiger partial charge >= 0.3 is 0 Å². The highest BCUT2D eigenvalue weighted by Crippen LogP contribution is 2.25. The molecule has 3 N–H and O–H groups in total. The van der Waals surface area contributed by atoms with Crippen molar-refractivity contribution in [3.05, 3.63) is 35.6 Å². The fourth-order valence-electron chi connectivity index (χ4n) is 4.61. The van der Waals surface area contributed by atoms with E-state index >= 15 is 0 Å². The maximum Gasteiger partial charge on any atom is 0.250 e. The van der Waals surface area contributed by atoms with Gasteiger partial charge in [0.1, 0.15) is 11.7 Å². The van der Waals surface area contributed by atoms with E-state index in [9.17, 15) is 0 Å². The third-order valence-corrected chi connectivity index (χ3v) is 6.19. The second-order valence-electron chi connectivity index (χ2n) is 8.20. The van der Waals surface area contributed by atoms with Crippen molar-refractivity contribution in [1.82, 2.24) is 15.0 Å². The van der Waals surface area contributed by atoms with Gasteiger partial charge in [-0.1, -0.05) is 18.2 Å². The average Bonchev–Trinajstić information content (AvgIpc) is 3.50. The molecule has 3 aliphatic heterocycles. The number of nitrogens with zero attached hydrogens (tertiary/aromatic N) is 6. The van der Waals surface area contributed by atoms with Crippen molar-refractivity contribution in [1.29, 1.82) is 0 Å². The van der Waals surface area contributed by atoms with E-state index in [-0.39, 0.29) is 0 Å². The number of hydrogen-bond acceptors (Lipinski definition) is 7. The van der Waals surface area contributed by atoms with Crippen LogP contribution in [0.15, 0.2) is 40.7 Å². The van der Waals surface area contributed by atoms with E-state index in [4.69, 9.17) is 4.98 Å². The molecule has 5 rings (SSSR count). The molecule has 0 aromatic carbocycles. The number of fused-ring (bicyclic) bond motifs is 1. The maximum absolute atomic E-state index is 4.76. The van der Waals surface area contributed by atoms with Crippen molar-refractivity contribution in [3.8, 4) is 0 Å². The monoisotopic (exact) mass is 393 g/mol. The summed E-state index contributed by atoms with van der Waals surface area (Å²) >= 11 is 0. The lowest BCUT2D eigenvalue weighted by molar-refractivity contribution is -0.626. The summed E-state index contributed by atoms with van der Waals surface area (Å²) in [4.78, 5) is 18.6. The van der Waals surface area contributed by atoms with Crippen LogP contribution in [-0.2, 0) is 0 Å². The zero-order valence-corrected chi connectivity index (χ0v) is 17.0. The number of nitrogens with two attached hydrogens (primary N) is 1. The van der Waals surface area contributed by atoms with Crippen molar-refractivity contribution < 1.29 is 5.32 Å². The van der Waals surface area contributed by atoms with Gasteiger partial charge in [-0.3, -0.25) is 0 Å².